The molecule has 3 rings (SSSR count). The number of aromatic amines is 1. The Hall–Kier alpha value is -2.18. The van der Waals surface area contributed by atoms with E-state index in [9.17, 15) is 4.79 Å². The molecule has 1 aliphatic rings. The van der Waals surface area contributed by atoms with E-state index in [4.69, 9.17) is 4.52 Å². The van der Waals surface area contributed by atoms with Crippen molar-refractivity contribution in [3.63, 3.8) is 0 Å². The molecule has 2 aromatic rings. The Kier molecular flexibility index (Phi) is 3.25. The lowest BCUT2D eigenvalue weighted by Crippen LogP contribution is -2.31. The van der Waals surface area contributed by atoms with E-state index >= 15 is 0 Å². The highest BCUT2D eigenvalue weighted by molar-refractivity contribution is 5.90. The van der Waals surface area contributed by atoms with Crippen molar-refractivity contribution in [2.45, 2.75) is 39.2 Å². The maximum Gasteiger partial charge on any atom is 0.294 e. The van der Waals surface area contributed by atoms with E-state index in [2.05, 4.69) is 20.3 Å². The minimum atomic E-state index is -0.155. The van der Waals surface area contributed by atoms with Gasteiger partial charge in [-0.05, 0) is 19.8 Å². The summed E-state index contributed by atoms with van der Waals surface area (Å²) in [6.45, 7) is 4.53. The first kappa shape index (κ1) is 12.8. The van der Waals surface area contributed by atoms with Crippen molar-refractivity contribution in [2.75, 3.05) is 6.54 Å². The summed E-state index contributed by atoms with van der Waals surface area (Å²) in [6, 6.07) is 1.82. The zero-order valence-electron chi connectivity index (χ0n) is 11.6. The minimum absolute atomic E-state index is 0.0627. The van der Waals surface area contributed by atoms with Gasteiger partial charge in [-0.1, -0.05) is 12.1 Å². The lowest BCUT2D eigenvalue weighted by molar-refractivity contribution is 0.0702. The highest BCUT2D eigenvalue weighted by Gasteiger charge is 2.34. The van der Waals surface area contributed by atoms with Gasteiger partial charge in [0.1, 0.15) is 5.82 Å². The van der Waals surface area contributed by atoms with Crippen LogP contribution >= 0.6 is 0 Å². The van der Waals surface area contributed by atoms with Crippen molar-refractivity contribution in [3.05, 3.63) is 29.2 Å². The van der Waals surface area contributed by atoms with Gasteiger partial charge in [0.25, 0.3) is 5.91 Å². The number of nitrogens with zero attached hydrogens (tertiary/aromatic N) is 4. The molecule has 1 amide bonds. The third-order valence-electron chi connectivity index (χ3n) is 3.55. The maximum absolute atomic E-state index is 12.5. The Morgan fingerprint density at radius 2 is 2.45 bits per heavy atom. The van der Waals surface area contributed by atoms with Crippen molar-refractivity contribution >= 4 is 5.91 Å². The number of aromatic nitrogens is 4. The van der Waals surface area contributed by atoms with Crippen molar-refractivity contribution < 1.29 is 9.32 Å². The molecular weight excluding hydrogens is 258 g/mol. The Morgan fingerprint density at radius 3 is 3.10 bits per heavy atom. The fourth-order valence-electron chi connectivity index (χ4n) is 2.52. The highest BCUT2D eigenvalue weighted by atomic mass is 16.5. The Balaban J connectivity index is 1.83. The first-order valence-electron chi connectivity index (χ1n) is 6.84. The van der Waals surface area contributed by atoms with Crippen molar-refractivity contribution in [1.82, 2.24) is 25.2 Å². The normalized spacial score (nSPS) is 18.7. The Bertz CT molecular complexity index is 618. The molecule has 1 N–H and O–H groups in total. The number of H-pyrrole nitrogens is 1. The van der Waals surface area contributed by atoms with Gasteiger partial charge in [-0.15, -0.1) is 5.10 Å². The van der Waals surface area contributed by atoms with Crippen LogP contribution < -0.4 is 0 Å². The van der Waals surface area contributed by atoms with Crippen molar-refractivity contribution in [2.24, 2.45) is 0 Å². The second-order valence-corrected chi connectivity index (χ2v) is 4.99. The van der Waals surface area contributed by atoms with E-state index in [-0.39, 0.29) is 17.8 Å². The predicted molar refractivity (Wildman–Crippen MR) is 70.0 cm³/mol. The largest absolute Gasteiger partial charge is 0.359 e. The average Bonchev–Trinajstić information content (AvgIpc) is 3.17. The van der Waals surface area contributed by atoms with E-state index in [0.717, 1.165) is 36.5 Å². The summed E-state index contributed by atoms with van der Waals surface area (Å²) in [5, 5.41) is 10.7. The zero-order valence-corrected chi connectivity index (χ0v) is 11.6. The number of amides is 1. The molecule has 1 saturated heterocycles. The van der Waals surface area contributed by atoms with Crippen LogP contribution in [-0.2, 0) is 6.42 Å². The van der Waals surface area contributed by atoms with Crippen molar-refractivity contribution in [3.8, 4) is 0 Å². The molecule has 20 heavy (non-hydrogen) atoms. The van der Waals surface area contributed by atoms with Gasteiger partial charge in [0, 0.05) is 19.0 Å². The molecule has 2 aromatic heterocycles. The third kappa shape index (κ3) is 2.19. The summed E-state index contributed by atoms with van der Waals surface area (Å²) in [4.78, 5) is 18.5. The lowest BCUT2D eigenvalue weighted by Gasteiger charge is -2.20. The summed E-state index contributed by atoms with van der Waals surface area (Å²) in [7, 11) is 0. The lowest BCUT2D eigenvalue weighted by atomic mass is 10.1. The van der Waals surface area contributed by atoms with Gasteiger partial charge in [0.2, 0.25) is 5.82 Å². The van der Waals surface area contributed by atoms with E-state index in [0.29, 0.717) is 6.54 Å². The summed E-state index contributed by atoms with van der Waals surface area (Å²) in [5.74, 6) is 1.53. The summed E-state index contributed by atoms with van der Waals surface area (Å²) in [5.41, 5.74) is 0.825. The SMILES string of the molecule is CCc1nc(C(=O)N2CCCC2c2cc(C)no2)n[nH]1. The summed E-state index contributed by atoms with van der Waals surface area (Å²) >= 11 is 0. The molecule has 1 aliphatic heterocycles. The summed E-state index contributed by atoms with van der Waals surface area (Å²) in [6.07, 6.45) is 2.55. The number of likely N-dealkylation sites (tertiary alicyclic amines) is 1. The van der Waals surface area contributed by atoms with Gasteiger partial charge < -0.3 is 9.42 Å². The second-order valence-electron chi connectivity index (χ2n) is 4.99. The number of hydrogen-bond acceptors (Lipinski definition) is 5. The number of nitrogens with one attached hydrogen (secondary N) is 1. The first-order chi connectivity index (χ1) is 9.69. The molecule has 7 nitrogen and oxygen atoms in total. The molecule has 3 heterocycles. The molecule has 1 fully saturated rings. The zero-order chi connectivity index (χ0) is 14.1. The molecule has 7 heteroatoms. The average molecular weight is 275 g/mol. The van der Waals surface area contributed by atoms with Crippen LogP contribution in [0, 0.1) is 6.92 Å². The minimum Gasteiger partial charge on any atom is -0.359 e. The molecule has 0 aliphatic carbocycles. The smallest absolute Gasteiger partial charge is 0.294 e. The van der Waals surface area contributed by atoms with E-state index in [1.165, 1.54) is 0 Å². The van der Waals surface area contributed by atoms with Crippen LogP contribution in [0.2, 0.25) is 0 Å². The van der Waals surface area contributed by atoms with Crippen molar-refractivity contribution in [1.29, 1.82) is 0 Å². The number of aryl methyl sites for hydroxylation is 2. The number of carbonyl (C=O) groups is 1. The standard InChI is InChI=1S/C13H17N5O2/c1-3-11-14-12(16-15-11)13(19)18-6-4-5-9(18)10-7-8(2)17-20-10/h7,9H,3-6H2,1-2H3,(H,14,15,16). The van der Waals surface area contributed by atoms with Crippen LogP contribution in [0.1, 0.15) is 53.7 Å². The van der Waals surface area contributed by atoms with Gasteiger partial charge in [-0.3, -0.25) is 9.89 Å². The fraction of sp³-hybridized carbons (Fsp3) is 0.538. The topological polar surface area (TPSA) is 87.9 Å². The molecular formula is C13H17N5O2. The van der Waals surface area contributed by atoms with E-state index < -0.39 is 0 Å². The molecule has 1 unspecified atom stereocenters. The van der Waals surface area contributed by atoms with Gasteiger partial charge >= 0.3 is 0 Å². The maximum atomic E-state index is 12.5. The van der Waals surface area contributed by atoms with E-state index in [1.807, 2.05) is 19.9 Å². The molecule has 0 spiro atoms. The fourth-order valence-corrected chi connectivity index (χ4v) is 2.52. The summed E-state index contributed by atoms with van der Waals surface area (Å²) < 4.78 is 5.30. The predicted octanol–water partition coefficient (Wildman–Crippen LogP) is 1.64. The molecule has 0 aromatic carbocycles. The highest BCUT2D eigenvalue weighted by Crippen LogP contribution is 2.32. The van der Waals surface area contributed by atoms with Crippen LogP contribution in [0.5, 0.6) is 0 Å². The second kappa shape index (κ2) is 5.07. The van der Waals surface area contributed by atoms with Crippen LogP contribution in [0.15, 0.2) is 10.6 Å². The molecule has 0 saturated carbocycles. The monoisotopic (exact) mass is 275 g/mol. The third-order valence-corrected chi connectivity index (χ3v) is 3.55. The first-order valence-corrected chi connectivity index (χ1v) is 6.84. The number of hydrogen-bond donors (Lipinski definition) is 1. The Labute approximate surface area is 116 Å². The molecule has 0 bridgehead atoms. The Morgan fingerprint density at radius 1 is 1.60 bits per heavy atom. The molecule has 0 radical (unpaired) electrons. The van der Waals surface area contributed by atoms with Gasteiger partial charge in [0.05, 0.1) is 11.7 Å². The van der Waals surface area contributed by atoms with E-state index in [1.54, 1.807) is 4.90 Å². The van der Waals surface area contributed by atoms with Crippen LogP contribution in [0.3, 0.4) is 0 Å². The van der Waals surface area contributed by atoms with Crippen LogP contribution in [0.4, 0.5) is 0 Å². The van der Waals surface area contributed by atoms with Gasteiger partial charge in [0.15, 0.2) is 5.76 Å². The number of rotatable bonds is 3. The van der Waals surface area contributed by atoms with Crippen LogP contribution in [-0.4, -0.2) is 37.7 Å². The quantitative estimate of drug-likeness (QED) is 0.920. The number of carbonyl (C=O) groups excluding carboxylic acids is 1. The van der Waals surface area contributed by atoms with Gasteiger partial charge in [-0.25, -0.2) is 4.98 Å². The van der Waals surface area contributed by atoms with Gasteiger partial charge in [-0.2, -0.15) is 0 Å². The molecule has 1 atom stereocenters. The van der Waals surface area contributed by atoms with Crippen LogP contribution in [0.25, 0.3) is 0 Å². The molecule has 106 valence electrons.